The second-order valence-corrected chi connectivity index (χ2v) is 4.48. The highest BCUT2D eigenvalue weighted by atomic mass is 16.3. The number of aromatic amines is 1. The number of benzene rings is 2. The van der Waals surface area contributed by atoms with E-state index in [1.165, 1.54) is 0 Å². The molecule has 0 saturated carbocycles. The number of phenolic OH excluding ortho intramolecular Hbond substituents is 1. The van der Waals surface area contributed by atoms with E-state index in [0.717, 1.165) is 11.1 Å². The van der Waals surface area contributed by atoms with Crippen molar-refractivity contribution in [2.24, 2.45) is 5.73 Å². The molecule has 1 aromatic heterocycles. The Morgan fingerprint density at radius 2 is 1.70 bits per heavy atom. The Bertz CT molecular complexity index is 691. The van der Waals surface area contributed by atoms with Crippen LogP contribution in [0, 0.1) is 0 Å². The van der Waals surface area contributed by atoms with Gasteiger partial charge in [-0.3, -0.25) is 5.10 Å². The standard InChI is InChI=1S/C15H14N4O/c16-13(10-4-2-1-3-5-10)15-17-14(18-19-15)11-6-8-12(20)9-7-11/h1-9,13,20H,16H2,(H,17,18,19)/t13-/m0/s1. The van der Waals surface area contributed by atoms with Crippen molar-refractivity contribution in [3.8, 4) is 17.1 Å². The van der Waals surface area contributed by atoms with Crippen LogP contribution in [0.15, 0.2) is 54.6 Å². The van der Waals surface area contributed by atoms with Crippen molar-refractivity contribution in [1.29, 1.82) is 0 Å². The summed E-state index contributed by atoms with van der Waals surface area (Å²) in [5.41, 5.74) is 7.96. The van der Waals surface area contributed by atoms with E-state index in [9.17, 15) is 5.11 Å². The number of rotatable bonds is 3. The third kappa shape index (κ3) is 2.39. The summed E-state index contributed by atoms with van der Waals surface area (Å²) in [5.74, 6) is 1.39. The molecule has 0 aliphatic carbocycles. The van der Waals surface area contributed by atoms with Gasteiger partial charge < -0.3 is 10.8 Å². The van der Waals surface area contributed by atoms with E-state index in [4.69, 9.17) is 5.73 Å². The molecule has 0 amide bonds. The lowest BCUT2D eigenvalue weighted by atomic mass is 10.1. The Kier molecular flexibility index (Phi) is 3.18. The van der Waals surface area contributed by atoms with E-state index in [2.05, 4.69) is 15.2 Å². The van der Waals surface area contributed by atoms with E-state index >= 15 is 0 Å². The van der Waals surface area contributed by atoms with Crippen LogP contribution < -0.4 is 5.73 Å². The molecule has 1 heterocycles. The molecule has 100 valence electrons. The maximum absolute atomic E-state index is 9.28. The first-order chi connectivity index (χ1) is 9.74. The maximum atomic E-state index is 9.28. The van der Waals surface area contributed by atoms with Crippen molar-refractivity contribution in [2.75, 3.05) is 0 Å². The summed E-state index contributed by atoms with van der Waals surface area (Å²) in [7, 11) is 0. The van der Waals surface area contributed by atoms with Crippen LogP contribution in [-0.4, -0.2) is 20.3 Å². The molecule has 1 atom stereocenters. The number of nitrogens with two attached hydrogens (primary N) is 1. The lowest BCUT2D eigenvalue weighted by Gasteiger charge is -2.07. The maximum Gasteiger partial charge on any atom is 0.181 e. The van der Waals surface area contributed by atoms with Crippen molar-refractivity contribution >= 4 is 0 Å². The summed E-state index contributed by atoms with van der Waals surface area (Å²) in [4.78, 5) is 4.41. The van der Waals surface area contributed by atoms with Gasteiger partial charge >= 0.3 is 0 Å². The molecule has 2 aromatic carbocycles. The molecule has 20 heavy (non-hydrogen) atoms. The van der Waals surface area contributed by atoms with Crippen molar-refractivity contribution in [2.45, 2.75) is 6.04 Å². The van der Waals surface area contributed by atoms with Crippen LogP contribution in [0.4, 0.5) is 0 Å². The topological polar surface area (TPSA) is 87.8 Å². The molecule has 0 aliphatic heterocycles. The van der Waals surface area contributed by atoms with Crippen LogP contribution in [0.5, 0.6) is 5.75 Å². The molecule has 0 bridgehead atoms. The van der Waals surface area contributed by atoms with E-state index in [1.807, 2.05) is 30.3 Å². The molecular weight excluding hydrogens is 252 g/mol. The zero-order valence-corrected chi connectivity index (χ0v) is 10.7. The number of H-pyrrole nitrogens is 1. The first-order valence-electron chi connectivity index (χ1n) is 6.26. The Morgan fingerprint density at radius 1 is 1.00 bits per heavy atom. The van der Waals surface area contributed by atoms with Gasteiger partial charge in [0.1, 0.15) is 11.6 Å². The van der Waals surface area contributed by atoms with E-state index in [-0.39, 0.29) is 11.8 Å². The molecule has 0 aliphatic rings. The van der Waals surface area contributed by atoms with Gasteiger partial charge in [-0.2, -0.15) is 5.10 Å². The molecule has 3 rings (SSSR count). The fourth-order valence-electron chi connectivity index (χ4n) is 1.97. The van der Waals surface area contributed by atoms with Crippen molar-refractivity contribution < 1.29 is 5.11 Å². The predicted octanol–water partition coefficient (Wildman–Crippen LogP) is 2.23. The van der Waals surface area contributed by atoms with E-state index in [1.54, 1.807) is 24.3 Å². The normalized spacial score (nSPS) is 12.2. The van der Waals surface area contributed by atoms with Crippen LogP contribution in [0.2, 0.25) is 0 Å². The van der Waals surface area contributed by atoms with Crippen LogP contribution in [0.25, 0.3) is 11.4 Å². The smallest absolute Gasteiger partial charge is 0.181 e. The summed E-state index contributed by atoms with van der Waals surface area (Å²) < 4.78 is 0. The van der Waals surface area contributed by atoms with Gasteiger partial charge in [0.05, 0.1) is 6.04 Å². The quantitative estimate of drug-likeness (QED) is 0.678. The lowest BCUT2D eigenvalue weighted by Crippen LogP contribution is -2.13. The third-order valence-electron chi connectivity index (χ3n) is 3.08. The molecule has 0 fully saturated rings. The summed E-state index contributed by atoms with van der Waals surface area (Å²) >= 11 is 0. The van der Waals surface area contributed by atoms with Gasteiger partial charge in [-0.1, -0.05) is 30.3 Å². The predicted molar refractivity (Wildman–Crippen MR) is 76.0 cm³/mol. The number of aromatic hydroxyl groups is 1. The number of nitrogens with zero attached hydrogens (tertiary/aromatic N) is 2. The minimum Gasteiger partial charge on any atom is -0.508 e. The van der Waals surface area contributed by atoms with Crippen LogP contribution in [0.3, 0.4) is 0 Å². The Balaban J connectivity index is 1.89. The van der Waals surface area contributed by atoms with Gasteiger partial charge in [-0.05, 0) is 29.8 Å². The molecular formula is C15H14N4O. The fourth-order valence-corrected chi connectivity index (χ4v) is 1.97. The summed E-state index contributed by atoms with van der Waals surface area (Å²) in [6, 6.07) is 16.1. The van der Waals surface area contributed by atoms with Gasteiger partial charge in [0.15, 0.2) is 5.82 Å². The average Bonchev–Trinajstić information content (AvgIpc) is 2.98. The minimum atomic E-state index is -0.338. The summed E-state index contributed by atoms with van der Waals surface area (Å²) in [5, 5.41) is 16.3. The highest BCUT2D eigenvalue weighted by Gasteiger charge is 2.14. The Labute approximate surface area is 116 Å². The Hall–Kier alpha value is -2.66. The molecule has 3 aromatic rings. The molecule has 5 nitrogen and oxygen atoms in total. The zero-order valence-electron chi connectivity index (χ0n) is 10.7. The largest absolute Gasteiger partial charge is 0.508 e. The number of aromatic nitrogens is 3. The lowest BCUT2D eigenvalue weighted by molar-refractivity contribution is 0.475. The number of hydrogen-bond donors (Lipinski definition) is 3. The molecule has 0 radical (unpaired) electrons. The van der Waals surface area contributed by atoms with Crippen molar-refractivity contribution in [3.05, 3.63) is 66.0 Å². The SMILES string of the molecule is N[C@@H](c1ccccc1)c1nc(-c2ccc(O)cc2)n[nH]1. The van der Waals surface area contributed by atoms with E-state index < -0.39 is 0 Å². The minimum absolute atomic E-state index is 0.213. The fraction of sp³-hybridized carbons (Fsp3) is 0.0667. The molecule has 0 spiro atoms. The average molecular weight is 266 g/mol. The van der Waals surface area contributed by atoms with Gasteiger partial charge in [0, 0.05) is 5.56 Å². The number of nitrogens with one attached hydrogen (secondary N) is 1. The van der Waals surface area contributed by atoms with Crippen LogP contribution in [0.1, 0.15) is 17.4 Å². The van der Waals surface area contributed by atoms with Crippen molar-refractivity contribution in [1.82, 2.24) is 15.2 Å². The number of phenols is 1. The van der Waals surface area contributed by atoms with Gasteiger partial charge in [-0.25, -0.2) is 4.98 Å². The monoisotopic (exact) mass is 266 g/mol. The third-order valence-corrected chi connectivity index (χ3v) is 3.08. The highest BCUT2D eigenvalue weighted by molar-refractivity contribution is 5.55. The first-order valence-corrected chi connectivity index (χ1v) is 6.26. The molecule has 0 unspecified atom stereocenters. The highest BCUT2D eigenvalue weighted by Crippen LogP contribution is 2.21. The van der Waals surface area contributed by atoms with Gasteiger partial charge in [0.2, 0.25) is 0 Å². The van der Waals surface area contributed by atoms with Crippen LogP contribution >= 0.6 is 0 Å². The molecule has 0 saturated heterocycles. The summed E-state index contributed by atoms with van der Waals surface area (Å²) in [6.45, 7) is 0. The van der Waals surface area contributed by atoms with Gasteiger partial charge in [-0.15, -0.1) is 0 Å². The summed E-state index contributed by atoms with van der Waals surface area (Å²) in [6.07, 6.45) is 0. The van der Waals surface area contributed by atoms with Gasteiger partial charge in [0.25, 0.3) is 0 Å². The second-order valence-electron chi connectivity index (χ2n) is 4.48. The zero-order chi connectivity index (χ0) is 13.9. The molecule has 4 N–H and O–H groups in total. The number of hydrogen-bond acceptors (Lipinski definition) is 4. The molecule has 5 heteroatoms. The first kappa shape index (κ1) is 12.4. The van der Waals surface area contributed by atoms with Crippen molar-refractivity contribution in [3.63, 3.8) is 0 Å². The Morgan fingerprint density at radius 3 is 2.40 bits per heavy atom. The van der Waals surface area contributed by atoms with E-state index in [0.29, 0.717) is 11.6 Å². The van der Waals surface area contributed by atoms with Crippen LogP contribution in [-0.2, 0) is 0 Å². The second kappa shape index (κ2) is 5.14.